The monoisotopic (exact) mass is 355 g/mol. The highest BCUT2D eigenvalue weighted by molar-refractivity contribution is 7.90. The van der Waals surface area contributed by atoms with E-state index >= 15 is 0 Å². The van der Waals surface area contributed by atoms with Crippen LogP contribution < -0.4 is 5.32 Å². The summed E-state index contributed by atoms with van der Waals surface area (Å²) >= 11 is 0. The van der Waals surface area contributed by atoms with Gasteiger partial charge in [-0.3, -0.25) is 4.79 Å². The molecule has 2 aromatic heterocycles. The van der Waals surface area contributed by atoms with Crippen LogP contribution in [0.15, 0.2) is 66.0 Å². The largest absolute Gasteiger partial charge is 0.323 e. The Morgan fingerprint density at radius 2 is 1.92 bits per heavy atom. The average molecular weight is 355 g/mol. The molecule has 0 atom stereocenters. The van der Waals surface area contributed by atoms with Crippen LogP contribution in [0.25, 0.3) is 16.8 Å². The zero-order valence-electron chi connectivity index (χ0n) is 13.8. The highest BCUT2D eigenvalue weighted by atomic mass is 32.2. The first kappa shape index (κ1) is 16.9. The SMILES string of the molecule is CC(=O)Nc1cc(-n2ccc(-c3ccccc3S(C)(=O)=O)c2)ccn1. The molecule has 0 aliphatic rings. The lowest BCUT2D eigenvalue weighted by Crippen LogP contribution is -2.07. The summed E-state index contributed by atoms with van der Waals surface area (Å²) in [6.45, 7) is 1.42. The van der Waals surface area contributed by atoms with E-state index in [2.05, 4.69) is 10.3 Å². The number of nitrogens with one attached hydrogen (secondary N) is 1. The zero-order valence-corrected chi connectivity index (χ0v) is 14.6. The van der Waals surface area contributed by atoms with Gasteiger partial charge in [-0.05, 0) is 18.2 Å². The maximum absolute atomic E-state index is 12.0. The number of pyridine rings is 1. The number of rotatable bonds is 4. The van der Waals surface area contributed by atoms with Crippen molar-refractivity contribution >= 4 is 21.6 Å². The summed E-state index contributed by atoms with van der Waals surface area (Å²) in [5.74, 6) is 0.261. The van der Waals surface area contributed by atoms with E-state index in [4.69, 9.17) is 0 Å². The topological polar surface area (TPSA) is 81.1 Å². The summed E-state index contributed by atoms with van der Waals surface area (Å²) in [4.78, 5) is 15.6. The standard InChI is InChI=1S/C18H17N3O3S/c1-13(22)20-18-11-15(7-9-19-18)21-10-8-14(12-21)16-5-3-4-6-17(16)25(2,23)24/h3-12H,1-2H3,(H,19,20,22). The molecule has 0 spiro atoms. The summed E-state index contributed by atoms with van der Waals surface area (Å²) in [6, 6.07) is 12.3. The van der Waals surface area contributed by atoms with Gasteiger partial charge in [0.05, 0.1) is 10.6 Å². The van der Waals surface area contributed by atoms with Gasteiger partial charge in [-0.1, -0.05) is 18.2 Å². The maximum atomic E-state index is 12.0. The molecule has 0 fully saturated rings. The van der Waals surface area contributed by atoms with Crippen molar-refractivity contribution < 1.29 is 13.2 Å². The molecule has 1 amide bonds. The number of hydrogen-bond donors (Lipinski definition) is 1. The van der Waals surface area contributed by atoms with Crippen LogP contribution in [-0.4, -0.2) is 30.1 Å². The van der Waals surface area contributed by atoms with Gasteiger partial charge in [-0.15, -0.1) is 0 Å². The van der Waals surface area contributed by atoms with Crippen molar-refractivity contribution in [3.8, 4) is 16.8 Å². The molecule has 7 heteroatoms. The van der Waals surface area contributed by atoms with Gasteiger partial charge in [0.1, 0.15) is 5.82 Å². The fourth-order valence-electron chi connectivity index (χ4n) is 2.57. The number of nitrogens with zero attached hydrogens (tertiary/aromatic N) is 2. The van der Waals surface area contributed by atoms with Gasteiger partial charge < -0.3 is 9.88 Å². The lowest BCUT2D eigenvalue weighted by atomic mass is 10.1. The van der Waals surface area contributed by atoms with Crippen molar-refractivity contribution in [1.82, 2.24) is 9.55 Å². The molecule has 0 saturated heterocycles. The number of carbonyl (C=O) groups excluding carboxylic acids is 1. The minimum absolute atomic E-state index is 0.195. The molecule has 2 heterocycles. The third-order valence-corrected chi connectivity index (χ3v) is 4.79. The van der Waals surface area contributed by atoms with Crippen LogP contribution in [-0.2, 0) is 14.6 Å². The first-order valence-electron chi connectivity index (χ1n) is 7.56. The molecular weight excluding hydrogens is 338 g/mol. The van der Waals surface area contributed by atoms with Crippen LogP contribution in [0.1, 0.15) is 6.92 Å². The van der Waals surface area contributed by atoms with Crippen LogP contribution in [0.4, 0.5) is 5.82 Å². The molecule has 3 rings (SSSR count). The quantitative estimate of drug-likeness (QED) is 0.780. The van der Waals surface area contributed by atoms with Crippen LogP contribution in [0, 0.1) is 0 Å². The maximum Gasteiger partial charge on any atom is 0.222 e. The number of sulfone groups is 1. The molecule has 1 aromatic carbocycles. The van der Waals surface area contributed by atoms with E-state index in [1.807, 2.05) is 29.1 Å². The Labute approximate surface area is 146 Å². The lowest BCUT2D eigenvalue weighted by Gasteiger charge is -2.07. The fraction of sp³-hybridized carbons (Fsp3) is 0.111. The van der Waals surface area contributed by atoms with Gasteiger partial charge in [0.15, 0.2) is 9.84 Å². The summed E-state index contributed by atoms with van der Waals surface area (Å²) in [5, 5.41) is 2.64. The third kappa shape index (κ3) is 3.77. The van der Waals surface area contributed by atoms with Crippen LogP contribution in [0.5, 0.6) is 0 Å². The summed E-state index contributed by atoms with van der Waals surface area (Å²) < 4.78 is 25.8. The van der Waals surface area contributed by atoms with Crippen LogP contribution >= 0.6 is 0 Å². The molecule has 0 aliphatic carbocycles. The normalized spacial score (nSPS) is 11.3. The van der Waals surface area contributed by atoms with E-state index in [0.29, 0.717) is 16.3 Å². The number of carbonyl (C=O) groups is 1. The van der Waals surface area contributed by atoms with E-state index in [1.165, 1.54) is 13.2 Å². The van der Waals surface area contributed by atoms with Crippen LogP contribution in [0.3, 0.4) is 0 Å². The highest BCUT2D eigenvalue weighted by Crippen LogP contribution is 2.28. The van der Waals surface area contributed by atoms with E-state index in [-0.39, 0.29) is 5.91 Å². The molecule has 3 aromatic rings. The molecule has 6 nitrogen and oxygen atoms in total. The first-order chi connectivity index (χ1) is 11.8. The molecule has 0 aliphatic heterocycles. The minimum Gasteiger partial charge on any atom is -0.323 e. The van der Waals surface area contributed by atoms with Gasteiger partial charge in [0.2, 0.25) is 5.91 Å². The Morgan fingerprint density at radius 1 is 1.16 bits per heavy atom. The summed E-state index contributed by atoms with van der Waals surface area (Å²) in [7, 11) is -3.32. The number of hydrogen-bond acceptors (Lipinski definition) is 4. The Morgan fingerprint density at radius 3 is 2.64 bits per heavy atom. The second-order valence-electron chi connectivity index (χ2n) is 5.66. The minimum atomic E-state index is -3.32. The fourth-order valence-corrected chi connectivity index (χ4v) is 3.48. The predicted molar refractivity (Wildman–Crippen MR) is 96.4 cm³/mol. The van der Waals surface area contributed by atoms with Gasteiger partial charge >= 0.3 is 0 Å². The average Bonchev–Trinajstić information content (AvgIpc) is 3.03. The van der Waals surface area contributed by atoms with E-state index in [9.17, 15) is 13.2 Å². The molecule has 0 bridgehead atoms. The van der Waals surface area contributed by atoms with Gasteiger partial charge in [0, 0.05) is 49.0 Å². The van der Waals surface area contributed by atoms with Crippen molar-refractivity contribution in [2.45, 2.75) is 11.8 Å². The van der Waals surface area contributed by atoms with Crippen molar-refractivity contribution in [3.05, 3.63) is 61.1 Å². The smallest absolute Gasteiger partial charge is 0.222 e. The van der Waals surface area contributed by atoms with E-state index in [0.717, 1.165) is 11.3 Å². The summed E-state index contributed by atoms with van der Waals surface area (Å²) in [5.41, 5.74) is 2.25. The number of anilines is 1. The third-order valence-electron chi connectivity index (χ3n) is 3.64. The van der Waals surface area contributed by atoms with Gasteiger partial charge in [-0.25, -0.2) is 13.4 Å². The van der Waals surface area contributed by atoms with E-state index < -0.39 is 9.84 Å². The van der Waals surface area contributed by atoms with Gasteiger partial charge in [0.25, 0.3) is 0 Å². The Hall–Kier alpha value is -2.93. The Kier molecular flexibility index (Phi) is 4.41. The second-order valence-corrected chi connectivity index (χ2v) is 7.64. The zero-order chi connectivity index (χ0) is 18.0. The van der Waals surface area contributed by atoms with Crippen molar-refractivity contribution in [1.29, 1.82) is 0 Å². The molecule has 0 unspecified atom stereocenters. The Balaban J connectivity index is 2.01. The van der Waals surface area contributed by atoms with Gasteiger partial charge in [-0.2, -0.15) is 0 Å². The van der Waals surface area contributed by atoms with Crippen LogP contribution in [0.2, 0.25) is 0 Å². The second kappa shape index (κ2) is 6.52. The lowest BCUT2D eigenvalue weighted by molar-refractivity contribution is -0.114. The molecule has 0 saturated carbocycles. The molecule has 1 N–H and O–H groups in total. The van der Waals surface area contributed by atoms with Crippen molar-refractivity contribution in [2.24, 2.45) is 0 Å². The highest BCUT2D eigenvalue weighted by Gasteiger charge is 2.14. The molecule has 0 radical (unpaired) electrons. The number of benzene rings is 1. The predicted octanol–water partition coefficient (Wildman–Crippen LogP) is 2.90. The van der Waals surface area contributed by atoms with E-state index in [1.54, 1.807) is 36.5 Å². The number of amides is 1. The summed E-state index contributed by atoms with van der Waals surface area (Å²) in [6.07, 6.45) is 6.48. The molecule has 128 valence electrons. The molecule has 25 heavy (non-hydrogen) atoms. The van der Waals surface area contributed by atoms with Crippen molar-refractivity contribution in [3.63, 3.8) is 0 Å². The number of aromatic nitrogens is 2. The Bertz CT molecular complexity index is 1040. The molecular formula is C18H17N3O3S. The first-order valence-corrected chi connectivity index (χ1v) is 9.45. The van der Waals surface area contributed by atoms with Crippen molar-refractivity contribution in [2.75, 3.05) is 11.6 Å².